The van der Waals surface area contributed by atoms with Crippen molar-refractivity contribution < 1.29 is 4.79 Å². The SMILES string of the molecule is CC(C)(C)NC(=O)C1(C2CCCCC2)CC2CCC(C1)N2. The fourth-order valence-corrected chi connectivity index (χ4v) is 5.01. The van der Waals surface area contributed by atoms with Crippen LogP contribution < -0.4 is 10.6 Å². The molecule has 3 nitrogen and oxygen atoms in total. The lowest BCUT2D eigenvalue weighted by molar-refractivity contribution is -0.140. The van der Waals surface area contributed by atoms with E-state index in [1.165, 1.54) is 44.9 Å². The first-order valence-corrected chi connectivity index (χ1v) is 8.98. The second kappa shape index (κ2) is 5.57. The van der Waals surface area contributed by atoms with Gasteiger partial charge < -0.3 is 10.6 Å². The van der Waals surface area contributed by atoms with Crippen LogP contribution in [0.15, 0.2) is 0 Å². The van der Waals surface area contributed by atoms with Gasteiger partial charge in [0.25, 0.3) is 0 Å². The summed E-state index contributed by atoms with van der Waals surface area (Å²) in [4.78, 5) is 13.2. The fraction of sp³-hybridized carbons (Fsp3) is 0.944. The Morgan fingerprint density at radius 3 is 2.10 bits per heavy atom. The first-order chi connectivity index (χ1) is 9.89. The van der Waals surface area contributed by atoms with Crippen molar-refractivity contribution in [2.24, 2.45) is 11.3 Å². The average Bonchev–Trinajstić information content (AvgIpc) is 2.77. The molecule has 0 aromatic heterocycles. The standard InChI is InChI=1S/C18H32N2O/c1-17(2,3)20-16(21)18(13-7-5-4-6-8-13)11-14-9-10-15(12-18)19-14/h13-15,19H,4-12H2,1-3H3,(H,20,21). The van der Waals surface area contributed by atoms with E-state index in [4.69, 9.17) is 0 Å². The number of carbonyl (C=O) groups excluding carboxylic acids is 1. The molecule has 2 bridgehead atoms. The number of rotatable bonds is 2. The van der Waals surface area contributed by atoms with Gasteiger partial charge in [-0.2, -0.15) is 0 Å². The summed E-state index contributed by atoms with van der Waals surface area (Å²) < 4.78 is 0. The first-order valence-electron chi connectivity index (χ1n) is 8.98. The van der Waals surface area contributed by atoms with Crippen LogP contribution in [-0.4, -0.2) is 23.5 Å². The highest BCUT2D eigenvalue weighted by atomic mass is 16.2. The molecule has 3 aliphatic rings. The second-order valence-electron chi connectivity index (χ2n) is 8.74. The number of nitrogens with one attached hydrogen (secondary N) is 2. The van der Waals surface area contributed by atoms with Gasteiger partial charge in [0.2, 0.25) is 5.91 Å². The summed E-state index contributed by atoms with van der Waals surface area (Å²) in [6, 6.07) is 1.16. The van der Waals surface area contributed by atoms with Gasteiger partial charge in [-0.25, -0.2) is 0 Å². The third kappa shape index (κ3) is 3.13. The highest BCUT2D eigenvalue weighted by Gasteiger charge is 2.53. The highest BCUT2D eigenvalue weighted by Crippen LogP contribution is 2.50. The summed E-state index contributed by atoms with van der Waals surface area (Å²) in [5.41, 5.74) is -0.215. The van der Waals surface area contributed by atoms with Gasteiger partial charge in [-0.05, 0) is 65.2 Å². The predicted octanol–water partition coefficient (Wildman–Crippen LogP) is 3.38. The van der Waals surface area contributed by atoms with E-state index in [-0.39, 0.29) is 11.0 Å². The number of fused-ring (bicyclic) bond motifs is 2. The van der Waals surface area contributed by atoms with Crippen molar-refractivity contribution in [3.63, 3.8) is 0 Å². The van der Waals surface area contributed by atoms with Crippen molar-refractivity contribution in [2.45, 2.75) is 96.2 Å². The summed E-state index contributed by atoms with van der Waals surface area (Å²) in [6.07, 6.45) is 11.2. The van der Waals surface area contributed by atoms with Crippen molar-refractivity contribution in [3.8, 4) is 0 Å². The number of piperidine rings is 1. The zero-order chi connectivity index (χ0) is 15.1. The van der Waals surface area contributed by atoms with E-state index in [0.717, 1.165) is 12.8 Å². The first kappa shape index (κ1) is 15.3. The molecule has 1 saturated carbocycles. The topological polar surface area (TPSA) is 41.1 Å². The molecule has 120 valence electrons. The Hall–Kier alpha value is -0.570. The Balaban J connectivity index is 1.85. The molecule has 3 rings (SSSR count). The molecule has 2 heterocycles. The van der Waals surface area contributed by atoms with Crippen molar-refractivity contribution in [1.29, 1.82) is 0 Å². The lowest BCUT2D eigenvalue weighted by Gasteiger charge is -2.47. The third-order valence-electron chi connectivity index (χ3n) is 5.88. The zero-order valence-electron chi connectivity index (χ0n) is 14.0. The van der Waals surface area contributed by atoms with Gasteiger partial charge in [-0.3, -0.25) is 4.79 Å². The molecule has 21 heavy (non-hydrogen) atoms. The number of carbonyl (C=O) groups is 1. The van der Waals surface area contributed by atoms with Crippen LogP contribution >= 0.6 is 0 Å². The molecule has 0 aromatic rings. The van der Waals surface area contributed by atoms with Crippen LogP contribution in [0.25, 0.3) is 0 Å². The minimum absolute atomic E-state index is 0.0925. The number of hydrogen-bond donors (Lipinski definition) is 2. The molecule has 1 amide bonds. The van der Waals surface area contributed by atoms with E-state index >= 15 is 0 Å². The van der Waals surface area contributed by atoms with Crippen LogP contribution in [0.5, 0.6) is 0 Å². The lowest BCUT2D eigenvalue weighted by atomic mass is 9.61. The Morgan fingerprint density at radius 2 is 1.57 bits per heavy atom. The summed E-state index contributed by atoms with van der Waals surface area (Å²) in [6.45, 7) is 6.32. The number of hydrogen-bond acceptors (Lipinski definition) is 2. The maximum atomic E-state index is 13.2. The van der Waals surface area contributed by atoms with Crippen molar-refractivity contribution in [1.82, 2.24) is 10.6 Å². The zero-order valence-corrected chi connectivity index (χ0v) is 14.0. The summed E-state index contributed by atoms with van der Waals surface area (Å²) >= 11 is 0. The molecule has 3 heteroatoms. The lowest BCUT2D eigenvalue weighted by Crippen LogP contribution is -2.58. The molecule has 2 unspecified atom stereocenters. The molecule has 0 radical (unpaired) electrons. The minimum atomic E-state index is -0.122. The van der Waals surface area contributed by atoms with Crippen LogP contribution in [0, 0.1) is 11.3 Å². The van der Waals surface area contributed by atoms with E-state index in [1.807, 2.05) is 0 Å². The van der Waals surface area contributed by atoms with E-state index in [1.54, 1.807) is 0 Å². The molecular formula is C18H32N2O. The smallest absolute Gasteiger partial charge is 0.227 e. The van der Waals surface area contributed by atoms with E-state index < -0.39 is 0 Å². The van der Waals surface area contributed by atoms with Crippen molar-refractivity contribution in [3.05, 3.63) is 0 Å². The molecule has 2 N–H and O–H groups in total. The van der Waals surface area contributed by atoms with E-state index in [2.05, 4.69) is 31.4 Å². The Bertz CT molecular complexity index is 381. The van der Waals surface area contributed by atoms with Crippen LogP contribution in [0.2, 0.25) is 0 Å². The molecule has 0 spiro atoms. The quantitative estimate of drug-likeness (QED) is 0.819. The molecule has 0 aromatic carbocycles. The summed E-state index contributed by atoms with van der Waals surface area (Å²) in [5.74, 6) is 0.957. The van der Waals surface area contributed by atoms with Crippen LogP contribution in [0.3, 0.4) is 0 Å². The van der Waals surface area contributed by atoms with Gasteiger partial charge in [-0.1, -0.05) is 19.3 Å². The Morgan fingerprint density at radius 1 is 1.00 bits per heavy atom. The maximum absolute atomic E-state index is 13.2. The van der Waals surface area contributed by atoms with Crippen molar-refractivity contribution in [2.75, 3.05) is 0 Å². The molecular weight excluding hydrogens is 260 g/mol. The average molecular weight is 292 g/mol. The van der Waals surface area contributed by atoms with Crippen LogP contribution in [0.1, 0.15) is 78.6 Å². The molecule has 2 aliphatic heterocycles. The van der Waals surface area contributed by atoms with E-state index in [9.17, 15) is 4.79 Å². The second-order valence-corrected chi connectivity index (χ2v) is 8.74. The predicted molar refractivity (Wildman–Crippen MR) is 86.1 cm³/mol. The molecule has 1 aliphatic carbocycles. The maximum Gasteiger partial charge on any atom is 0.227 e. The summed E-state index contributed by atoms with van der Waals surface area (Å²) in [5, 5.41) is 7.05. The third-order valence-corrected chi connectivity index (χ3v) is 5.88. The van der Waals surface area contributed by atoms with Gasteiger partial charge in [0, 0.05) is 17.6 Å². The van der Waals surface area contributed by atoms with Gasteiger partial charge in [-0.15, -0.1) is 0 Å². The number of amides is 1. The molecule has 3 fully saturated rings. The normalized spacial score (nSPS) is 37.5. The van der Waals surface area contributed by atoms with Crippen LogP contribution in [-0.2, 0) is 4.79 Å². The van der Waals surface area contributed by atoms with Gasteiger partial charge >= 0.3 is 0 Å². The van der Waals surface area contributed by atoms with Crippen molar-refractivity contribution >= 4 is 5.91 Å². The Labute approximate surface area is 129 Å². The molecule has 2 atom stereocenters. The Kier molecular flexibility index (Phi) is 4.06. The fourth-order valence-electron chi connectivity index (χ4n) is 5.01. The monoisotopic (exact) mass is 292 g/mol. The van der Waals surface area contributed by atoms with Crippen LogP contribution in [0.4, 0.5) is 0 Å². The van der Waals surface area contributed by atoms with Gasteiger partial charge in [0.15, 0.2) is 0 Å². The van der Waals surface area contributed by atoms with Gasteiger partial charge in [0.1, 0.15) is 0 Å². The minimum Gasteiger partial charge on any atom is -0.351 e. The highest BCUT2D eigenvalue weighted by molar-refractivity contribution is 5.84. The van der Waals surface area contributed by atoms with Gasteiger partial charge in [0.05, 0.1) is 5.41 Å². The largest absolute Gasteiger partial charge is 0.351 e. The molecule has 2 saturated heterocycles. The van der Waals surface area contributed by atoms with E-state index in [0.29, 0.717) is 23.9 Å². The summed E-state index contributed by atoms with van der Waals surface area (Å²) in [7, 11) is 0.